The van der Waals surface area contributed by atoms with E-state index in [9.17, 15) is 19.5 Å². The lowest BCUT2D eigenvalue weighted by Gasteiger charge is -2.40. The molecule has 0 aliphatic carbocycles. The van der Waals surface area contributed by atoms with E-state index in [1.807, 2.05) is 52.0 Å². The number of hydrogen-bond acceptors (Lipinski definition) is 6. The molecule has 9 heteroatoms. The summed E-state index contributed by atoms with van der Waals surface area (Å²) in [5.41, 5.74) is -1.42. The fourth-order valence-electron chi connectivity index (χ4n) is 7.74. The van der Waals surface area contributed by atoms with E-state index in [-0.39, 0.29) is 49.4 Å². The number of carbonyl (C=O) groups is 3. The van der Waals surface area contributed by atoms with Gasteiger partial charge in [0.15, 0.2) is 0 Å². The third-order valence-corrected chi connectivity index (χ3v) is 9.76. The SMILES string of the molecule is C=CCN(C(=O)[C@@H]1[C@H]2C(=O)N(CCCO)C(C(=O)N(CC=C)C(C)CCC)C23CC(C)[C@@]1(C)O3)c1ccc(OCC)cc1. The summed E-state index contributed by atoms with van der Waals surface area (Å²) in [5, 5.41) is 9.70. The maximum Gasteiger partial charge on any atom is 0.248 e. The predicted molar refractivity (Wildman–Crippen MR) is 167 cm³/mol. The molecular weight excluding hydrogens is 546 g/mol. The van der Waals surface area contributed by atoms with E-state index >= 15 is 0 Å². The van der Waals surface area contributed by atoms with Gasteiger partial charge < -0.3 is 29.3 Å². The van der Waals surface area contributed by atoms with Crippen LogP contribution in [0.1, 0.15) is 60.3 Å². The fraction of sp³-hybridized carbons (Fsp3) is 0.618. The fourth-order valence-corrected chi connectivity index (χ4v) is 7.74. The van der Waals surface area contributed by atoms with E-state index < -0.39 is 29.1 Å². The molecule has 1 spiro atoms. The number of anilines is 1. The number of ether oxygens (including phenoxy) is 2. The van der Waals surface area contributed by atoms with Gasteiger partial charge in [-0.25, -0.2) is 0 Å². The van der Waals surface area contributed by atoms with Gasteiger partial charge >= 0.3 is 0 Å². The molecule has 4 unspecified atom stereocenters. The number of hydrogen-bond donors (Lipinski definition) is 1. The lowest BCUT2D eigenvalue weighted by atomic mass is 9.62. The van der Waals surface area contributed by atoms with Gasteiger partial charge in [0, 0.05) is 38.0 Å². The molecule has 236 valence electrons. The molecule has 0 saturated carbocycles. The quantitative estimate of drug-likeness (QED) is 0.305. The Morgan fingerprint density at radius 3 is 2.44 bits per heavy atom. The Labute approximate surface area is 256 Å². The molecule has 3 amide bonds. The molecule has 0 radical (unpaired) electrons. The van der Waals surface area contributed by atoms with E-state index in [2.05, 4.69) is 20.1 Å². The second-order valence-electron chi connectivity index (χ2n) is 12.4. The normalized spacial score (nSPS) is 29.7. The zero-order chi connectivity index (χ0) is 31.5. The highest BCUT2D eigenvalue weighted by atomic mass is 16.5. The van der Waals surface area contributed by atoms with Crippen molar-refractivity contribution in [2.45, 2.75) is 83.6 Å². The molecule has 2 bridgehead atoms. The molecule has 3 fully saturated rings. The van der Waals surface area contributed by atoms with Crippen LogP contribution in [0.4, 0.5) is 5.69 Å². The largest absolute Gasteiger partial charge is 0.494 e. The van der Waals surface area contributed by atoms with Crippen LogP contribution in [0.25, 0.3) is 0 Å². The predicted octanol–water partition coefficient (Wildman–Crippen LogP) is 4.20. The van der Waals surface area contributed by atoms with Crippen LogP contribution in [0.5, 0.6) is 5.75 Å². The van der Waals surface area contributed by atoms with Crippen molar-refractivity contribution in [2.24, 2.45) is 17.8 Å². The first-order chi connectivity index (χ1) is 20.6. The Kier molecular flexibility index (Phi) is 10.1. The maximum atomic E-state index is 14.6. The van der Waals surface area contributed by atoms with Crippen LogP contribution in [0.2, 0.25) is 0 Å². The summed E-state index contributed by atoms with van der Waals surface area (Å²) < 4.78 is 12.5. The molecule has 3 aliphatic heterocycles. The minimum Gasteiger partial charge on any atom is -0.494 e. The number of nitrogens with zero attached hydrogens (tertiary/aromatic N) is 3. The molecule has 4 rings (SSSR count). The third-order valence-electron chi connectivity index (χ3n) is 9.76. The number of fused-ring (bicyclic) bond motifs is 1. The molecule has 1 aromatic carbocycles. The van der Waals surface area contributed by atoms with E-state index in [1.165, 1.54) is 0 Å². The van der Waals surface area contributed by atoms with Crippen molar-refractivity contribution in [3.8, 4) is 5.75 Å². The molecule has 1 aromatic rings. The van der Waals surface area contributed by atoms with Crippen molar-refractivity contribution in [1.82, 2.24) is 9.80 Å². The number of rotatable bonds is 15. The molecule has 0 aromatic heterocycles. The van der Waals surface area contributed by atoms with Crippen LogP contribution in [0, 0.1) is 17.8 Å². The third kappa shape index (κ3) is 5.50. The van der Waals surface area contributed by atoms with E-state index in [1.54, 1.807) is 26.9 Å². The van der Waals surface area contributed by atoms with Crippen molar-refractivity contribution in [1.29, 1.82) is 0 Å². The molecule has 3 saturated heterocycles. The van der Waals surface area contributed by atoms with Crippen molar-refractivity contribution in [2.75, 3.05) is 37.7 Å². The molecule has 7 atom stereocenters. The van der Waals surface area contributed by atoms with E-state index in [0.29, 0.717) is 37.4 Å². The van der Waals surface area contributed by atoms with Gasteiger partial charge in [0.05, 0.1) is 24.0 Å². The second-order valence-corrected chi connectivity index (χ2v) is 12.4. The van der Waals surface area contributed by atoms with Crippen LogP contribution < -0.4 is 9.64 Å². The standard InChI is InChI=1S/C34H49N3O6/c1-8-13-24(6)35(18-9-2)32(41)29-34-22-23(5)33(7,43-34)27(28(34)31(40)37(29)20-12-21-38)30(39)36(19-10-3)25-14-16-26(17-15-25)42-11-4/h9-10,14-17,23-24,27-29,38H,2-3,8,11-13,18-22H2,1,4-7H3/t23?,24?,27-,28-,29?,33+,34?/m0/s1. The lowest BCUT2D eigenvalue weighted by molar-refractivity contribution is -0.153. The average Bonchev–Trinajstić information content (AvgIpc) is 3.49. The number of likely N-dealkylation sites (tertiary alicyclic amines) is 1. The maximum absolute atomic E-state index is 14.6. The highest BCUT2D eigenvalue weighted by molar-refractivity contribution is 6.03. The van der Waals surface area contributed by atoms with Gasteiger partial charge in [-0.15, -0.1) is 13.2 Å². The first-order valence-corrected chi connectivity index (χ1v) is 15.7. The van der Waals surface area contributed by atoms with E-state index in [4.69, 9.17) is 9.47 Å². The van der Waals surface area contributed by atoms with Gasteiger partial charge in [-0.1, -0.05) is 32.4 Å². The van der Waals surface area contributed by atoms with Crippen molar-refractivity contribution in [3.05, 3.63) is 49.6 Å². The molecule has 3 heterocycles. The summed E-state index contributed by atoms with van der Waals surface area (Å²) in [6.07, 6.45) is 5.90. The number of carbonyl (C=O) groups excluding carboxylic acids is 3. The number of benzene rings is 1. The minimum absolute atomic E-state index is 0.0625. The topological polar surface area (TPSA) is 99.6 Å². The first-order valence-electron chi connectivity index (χ1n) is 15.7. The van der Waals surface area contributed by atoms with Crippen molar-refractivity contribution >= 4 is 23.4 Å². The Bertz CT molecular complexity index is 1200. The minimum atomic E-state index is -1.15. The van der Waals surface area contributed by atoms with Gasteiger partial charge in [-0.05, 0) is 70.2 Å². The van der Waals surface area contributed by atoms with Gasteiger partial charge in [0.2, 0.25) is 17.7 Å². The van der Waals surface area contributed by atoms with Crippen molar-refractivity contribution < 1.29 is 29.0 Å². The summed E-state index contributed by atoms with van der Waals surface area (Å²) in [7, 11) is 0. The summed E-state index contributed by atoms with van der Waals surface area (Å²) in [5.74, 6) is -1.67. The van der Waals surface area contributed by atoms with Gasteiger partial charge in [-0.2, -0.15) is 0 Å². The Morgan fingerprint density at radius 2 is 1.86 bits per heavy atom. The highest BCUT2D eigenvalue weighted by Crippen LogP contribution is 2.65. The summed E-state index contributed by atoms with van der Waals surface area (Å²) in [4.78, 5) is 48.7. The Hall–Kier alpha value is -3.17. The molecule has 43 heavy (non-hydrogen) atoms. The van der Waals surface area contributed by atoms with Crippen LogP contribution in [-0.4, -0.2) is 88.8 Å². The zero-order valence-electron chi connectivity index (χ0n) is 26.5. The summed E-state index contributed by atoms with van der Waals surface area (Å²) in [6, 6.07) is 6.36. The molecule has 9 nitrogen and oxygen atoms in total. The van der Waals surface area contributed by atoms with Gasteiger partial charge in [-0.3, -0.25) is 14.4 Å². The Morgan fingerprint density at radius 1 is 1.19 bits per heavy atom. The summed E-state index contributed by atoms with van der Waals surface area (Å²) in [6.45, 7) is 19.0. The monoisotopic (exact) mass is 595 g/mol. The van der Waals surface area contributed by atoms with Crippen molar-refractivity contribution in [3.63, 3.8) is 0 Å². The first kappa shape index (κ1) is 32.7. The second kappa shape index (κ2) is 13.2. The van der Waals surface area contributed by atoms with Crippen LogP contribution >= 0.6 is 0 Å². The van der Waals surface area contributed by atoms with Crippen LogP contribution in [0.15, 0.2) is 49.6 Å². The molecular formula is C34H49N3O6. The average molecular weight is 596 g/mol. The summed E-state index contributed by atoms with van der Waals surface area (Å²) >= 11 is 0. The highest BCUT2D eigenvalue weighted by Gasteiger charge is 2.80. The van der Waals surface area contributed by atoms with E-state index in [0.717, 1.165) is 12.8 Å². The Balaban J connectivity index is 1.79. The number of aliphatic hydroxyl groups is 1. The smallest absolute Gasteiger partial charge is 0.248 e. The van der Waals surface area contributed by atoms with Gasteiger partial charge in [0.1, 0.15) is 17.4 Å². The van der Waals surface area contributed by atoms with Gasteiger partial charge in [0.25, 0.3) is 0 Å². The number of amides is 3. The molecule has 1 N–H and O–H groups in total. The number of aliphatic hydroxyl groups excluding tert-OH is 1. The van der Waals surface area contributed by atoms with Crippen LogP contribution in [0.3, 0.4) is 0 Å². The van der Waals surface area contributed by atoms with Crippen LogP contribution in [-0.2, 0) is 19.1 Å². The lowest BCUT2D eigenvalue weighted by Crippen LogP contribution is -2.58. The zero-order valence-corrected chi connectivity index (χ0v) is 26.5. The molecule has 3 aliphatic rings.